The van der Waals surface area contributed by atoms with E-state index in [9.17, 15) is 8.42 Å². The highest BCUT2D eigenvalue weighted by molar-refractivity contribution is 7.80. The summed E-state index contributed by atoms with van der Waals surface area (Å²) in [5, 5.41) is 0. The lowest BCUT2D eigenvalue weighted by Gasteiger charge is -2.61. The van der Waals surface area contributed by atoms with Crippen molar-refractivity contribution < 1.29 is 17.2 Å². The maximum Gasteiger partial charge on any atom is 0.397 e. The molecule has 0 bridgehead atoms. The van der Waals surface area contributed by atoms with Crippen molar-refractivity contribution in [3.63, 3.8) is 0 Å². The van der Waals surface area contributed by atoms with Crippen molar-refractivity contribution >= 4 is 10.4 Å². The van der Waals surface area contributed by atoms with Crippen LogP contribution >= 0.6 is 0 Å². The van der Waals surface area contributed by atoms with Crippen LogP contribution in [-0.2, 0) is 14.6 Å². The molecular weight excluding hydrogens is 336 g/mol. The van der Waals surface area contributed by atoms with Gasteiger partial charge in [-0.05, 0) is 98.2 Å². The Kier molecular flexibility index (Phi) is 4.33. The molecule has 0 heterocycles. The summed E-state index contributed by atoms with van der Waals surface area (Å²) in [6.07, 6.45) is 10.3. The molecule has 0 aliphatic heterocycles. The zero-order chi connectivity index (χ0) is 18.0. The van der Waals surface area contributed by atoms with Crippen molar-refractivity contribution in [2.75, 3.05) is 0 Å². The summed E-state index contributed by atoms with van der Waals surface area (Å²) in [4.78, 5) is 0. The fourth-order valence-corrected chi connectivity index (χ4v) is 8.26. The van der Waals surface area contributed by atoms with E-state index in [0.29, 0.717) is 16.7 Å². The van der Waals surface area contributed by atoms with Crippen molar-refractivity contribution in [2.24, 2.45) is 40.4 Å². The maximum absolute atomic E-state index is 11.1. The first kappa shape index (κ1) is 18.2. The molecule has 4 nitrogen and oxygen atoms in total. The summed E-state index contributed by atoms with van der Waals surface area (Å²) in [5.74, 6) is 3.96. The Morgan fingerprint density at radius 1 is 0.920 bits per heavy atom. The highest BCUT2D eigenvalue weighted by atomic mass is 32.3. The lowest BCUT2D eigenvalue weighted by atomic mass is 9.45. The van der Waals surface area contributed by atoms with Crippen molar-refractivity contribution in [1.82, 2.24) is 0 Å². The topological polar surface area (TPSA) is 63.6 Å². The van der Waals surface area contributed by atoms with Crippen molar-refractivity contribution in [1.29, 1.82) is 0 Å². The highest BCUT2D eigenvalue weighted by Crippen LogP contribution is 2.67. The van der Waals surface area contributed by atoms with Gasteiger partial charge in [-0.25, -0.2) is 4.18 Å². The molecule has 0 radical (unpaired) electrons. The first-order valence-electron chi connectivity index (χ1n) is 10.3. The second-order valence-electron chi connectivity index (χ2n) is 10.1. The highest BCUT2D eigenvalue weighted by Gasteiger charge is 2.59. The van der Waals surface area contributed by atoms with Gasteiger partial charge in [0.1, 0.15) is 0 Å². The van der Waals surface area contributed by atoms with Crippen molar-refractivity contribution in [2.45, 2.75) is 84.7 Å². The lowest BCUT2D eigenvalue weighted by Crippen LogP contribution is -2.54. The van der Waals surface area contributed by atoms with E-state index in [-0.39, 0.29) is 6.10 Å². The first-order chi connectivity index (χ1) is 11.6. The Morgan fingerprint density at radius 3 is 2.32 bits per heavy atom. The third-order valence-electron chi connectivity index (χ3n) is 9.35. The largest absolute Gasteiger partial charge is 0.397 e. The molecule has 0 unspecified atom stereocenters. The van der Waals surface area contributed by atoms with Gasteiger partial charge in [0.2, 0.25) is 0 Å². The smallest absolute Gasteiger partial charge is 0.264 e. The SMILES string of the molecule is C[C@H]1CC[C@H]2[C@@H]3CC[C@@H]4C[C@H](OS(=O)(=O)O)CC[C@]4(C)[C@H]3CC[C@]12C. The van der Waals surface area contributed by atoms with E-state index in [4.69, 9.17) is 8.74 Å². The molecule has 0 amide bonds. The molecule has 8 atom stereocenters. The number of rotatable bonds is 2. The zero-order valence-electron chi connectivity index (χ0n) is 15.9. The summed E-state index contributed by atoms with van der Waals surface area (Å²) in [6, 6.07) is 0. The third kappa shape index (κ3) is 2.89. The van der Waals surface area contributed by atoms with Gasteiger partial charge in [0.05, 0.1) is 6.10 Å². The van der Waals surface area contributed by atoms with E-state index in [2.05, 4.69) is 20.8 Å². The van der Waals surface area contributed by atoms with Crippen LogP contribution in [0, 0.1) is 40.4 Å². The molecule has 4 aliphatic rings. The molecule has 0 saturated heterocycles. The number of hydrogen-bond donors (Lipinski definition) is 1. The summed E-state index contributed by atoms with van der Waals surface area (Å²) in [7, 11) is -4.33. The minimum Gasteiger partial charge on any atom is -0.264 e. The van der Waals surface area contributed by atoms with Crippen LogP contribution in [0.25, 0.3) is 0 Å². The second-order valence-corrected chi connectivity index (χ2v) is 11.1. The summed E-state index contributed by atoms with van der Waals surface area (Å²) in [6.45, 7) is 7.49. The normalized spacial score (nSPS) is 53.0. The Balaban J connectivity index is 1.53. The Hall–Kier alpha value is -0.130. The summed E-state index contributed by atoms with van der Waals surface area (Å²) in [5.41, 5.74) is 0.880. The molecule has 0 aromatic carbocycles. The van der Waals surface area contributed by atoms with E-state index in [1.165, 1.54) is 38.5 Å². The summed E-state index contributed by atoms with van der Waals surface area (Å²) >= 11 is 0. The average Bonchev–Trinajstić information content (AvgIpc) is 2.82. The van der Waals surface area contributed by atoms with Gasteiger partial charge in [-0.2, -0.15) is 8.42 Å². The monoisotopic (exact) mass is 370 g/mol. The zero-order valence-corrected chi connectivity index (χ0v) is 16.7. The quantitative estimate of drug-likeness (QED) is 0.706. The van der Waals surface area contributed by atoms with E-state index in [1.54, 1.807) is 0 Å². The fourth-order valence-electron chi connectivity index (χ4n) is 7.74. The predicted octanol–water partition coefficient (Wildman–Crippen LogP) is 4.85. The molecule has 4 fully saturated rings. The van der Waals surface area contributed by atoms with Crippen LogP contribution in [0.4, 0.5) is 0 Å². The van der Waals surface area contributed by atoms with E-state index in [1.807, 2.05) is 0 Å². The van der Waals surface area contributed by atoms with Crippen LogP contribution in [0.1, 0.15) is 78.6 Å². The van der Waals surface area contributed by atoms with Gasteiger partial charge in [-0.15, -0.1) is 0 Å². The fraction of sp³-hybridized carbons (Fsp3) is 1.00. The predicted molar refractivity (Wildman–Crippen MR) is 97.3 cm³/mol. The van der Waals surface area contributed by atoms with Crippen molar-refractivity contribution in [3.8, 4) is 0 Å². The Bertz CT molecular complexity index is 632. The number of fused-ring (bicyclic) bond motifs is 5. The van der Waals surface area contributed by atoms with Crippen LogP contribution in [-0.4, -0.2) is 19.1 Å². The standard InChI is InChI=1S/C20H34O4S/c1-13-4-7-17-16-6-5-14-12-15(24-25(21,22)23)8-10-20(14,3)18(16)9-11-19(13,17)2/h13-18H,4-12H2,1-3H3,(H,21,22,23)/t13-,14+,15+,16-,17-,18-,19+,20-/m0/s1. The van der Waals surface area contributed by atoms with E-state index >= 15 is 0 Å². The van der Waals surface area contributed by atoms with E-state index < -0.39 is 10.4 Å². The molecule has 4 rings (SSSR count). The molecular formula is C20H34O4S. The molecule has 0 aromatic heterocycles. The van der Waals surface area contributed by atoms with Gasteiger partial charge >= 0.3 is 10.4 Å². The van der Waals surface area contributed by atoms with Crippen LogP contribution in [0.3, 0.4) is 0 Å². The number of hydrogen-bond acceptors (Lipinski definition) is 3. The van der Waals surface area contributed by atoms with Crippen LogP contribution in [0.15, 0.2) is 0 Å². The lowest BCUT2D eigenvalue weighted by molar-refractivity contribution is -0.123. The Labute approximate surface area is 153 Å². The summed E-state index contributed by atoms with van der Waals surface area (Å²) < 4.78 is 36.1. The van der Waals surface area contributed by atoms with Gasteiger partial charge < -0.3 is 0 Å². The van der Waals surface area contributed by atoms with E-state index in [0.717, 1.165) is 42.9 Å². The van der Waals surface area contributed by atoms with Crippen LogP contribution in [0.2, 0.25) is 0 Å². The van der Waals surface area contributed by atoms with Gasteiger partial charge in [0.15, 0.2) is 0 Å². The average molecular weight is 371 g/mol. The molecule has 144 valence electrons. The molecule has 0 spiro atoms. The molecule has 4 saturated carbocycles. The first-order valence-corrected chi connectivity index (χ1v) is 11.7. The third-order valence-corrected chi connectivity index (χ3v) is 9.86. The van der Waals surface area contributed by atoms with Crippen LogP contribution in [0.5, 0.6) is 0 Å². The van der Waals surface area contributed by atoms with Gasteiger partial charge in [0.25, 0.3) is 0 Å². The maximum atomic E-state index is 11.1. The minimum atomic E-state index is -4.33. The molecule has 4 aliphatic carbocycles. The Morgan fingerprint density at radius 2 is 1.60 bits per heavy atom. The molecule has 0 aromatic rings. The molecule has 1 N–H and O–H groups in total. The minimum absolute atomic E-state index is 0.329. The van der Waals surface area contributed by atoms with Gasteiger partial charge in [-0.3, -0.25) is 4.55 Å². The molecule has 25 heavy (non-hydrogen) atoms. The molecule has 5 heteroatoms. The van der Waals surface area contributed by atoms with Crippen molar-refractivity contribution in [3.05, 3.63) is 0 Å². The second kappa shape index (κ2) is 5.93. The van der Waals surface area contributed by atoms with Gasteiger partial charge in [0, 0.05) is 0 Å². The van der Waals surface area contributed by atoms with Gasteiger partial charge in [-0.1, -0.05) is 20.8 Å². The van der Waals surface area contributed by atoms with Crippen LogP contribution < -0.4 is 0 Å².